The van der Waals surface area contributed by atoms with Crippen LogP contribution in [0.4, 0.5) is 0 Å². The average molecular weight is 279 g/mol. The number of hydrogen-bond donors (Lipinski definition) is 1. The van der Waals surface area contributed by atoms with E-state index in [9.17, 15) is 9.59 Å². The predicted octanol–water partition coefficient (Wildman–Crippen LogP) is 0.252. The smallest absolute Gasteiger partial charge is 0.219 e. The van der Waals surface area contributed by atoms with Crippen molar-refractivity contribution in [3.8, 4) is 0 Å². The molecule has 1 aliphatic heterocycles. The van der Waals surface area contributed by atoms with E-state index in [1.165, 1.54) is 5.06 Å². The van der Waals surface area contributed by atoms with Crippen LogP contribution in [0.2, 0.25) is 0 Å². The van der Waals surface area contributed by atoms with Crippen LogP contribution in [0.3, 0.4) is 0 Å². The van der Waals surface area contributed by atoms with Crippen LogP contribution in [0.15, 0.2) is 24.3 Å². The molecule has 0 bridgehead atoms. The third-order valence-corrected chi connectivity index (χ3v) is 3.07. The number of carbonyl (C=O) groups is 2. The van der Waals surface area contributed by atoms with Crippen molar-refractivity contribution in [2.45, 2.75) is 12.6 Å². The van der Waals surface area contributed by atoms with Crippen LogP contribution in [-0.4, -0.2) is 48.7 Å². The maximum Gasteiger partial charge on any atom is 0.219 e. The van der Waals surface area contributed by atoms with Crippen LogP contribution in [0.5, 0.6) is 0 Å². The second-order valence-electron chi connectivity index (χ2n) is 4.37. The lowest BCUT2D eigenvalue weighted by molar-refractivity contribution is -0.197. The lowest BCUT2D eigenvalue weighted by atomic mass is 10.0. The van der Waals surface area contributed by atoms with Gasteiger partial charge in [0.15, 0.2) is 6.29 Å². The number of hydrogen-bond acceptors (Lipinski definition) is 6. The van der Waals surface area contributed by atoms with Gasteiger partial charge in [-0.3, -0.25) is 14.4 Å². The van der Waals surface area contributed by atoms with E-state index in [4.69, 9.17) is 14.7 Å². The molecule has 0 fully saturated rings. The van der Waals surface area contributed by atoms with Gasteiger partial charge in [-0.15, -0.1) is 0 Å². The minimum Gasteiger partial charge on any atom is -0.394 e. The zero-order chi connectivity index (χ0) is 14.4. The van der Waals surface area contributed by atoms with Gasteiger partial charge in [0.2, 0.25) is 5.78 Å². The van der Waals surface area contributed by atoms with E-state index in [1.807, 2.05) is 24.3 Å². The number of fused-ring (bicyclic) bond motifs is 1. The fraction of sp³-hybridized carbons (Fsp3) is 0.429. The molecule has 6 heteroatoms. The zero-order valence-corrected chi connectivity index (χ0v) is 11.0. The van der Waals surface area contributed by atoms with E-state index < -0.39 is 11.8 Å². The summed E-state index contributed by atoms with van der Waals surface area (Å²) in [6, 6.07) is 6.77. The first-order valence-electron chi connectivity index (χ1n) is 6.43. The van der Waals surface area contributed by atoms with Crippen LogP contribution in [0.1, 0.15) is 17.2 Å². The fourth-order valence-electron chi connectivity index (χ4n) is 2.22. The molecule has 2 rings (SSSR count). The molecule has 0 radical (unpaired) electrons. The van der Waals surface area contributed by atoms with Crippen LogP contribution in [0, 0.1) is 0 Å². The molecule has 1 heterocycles. The summed E-state index contributed by atoms with van der Waals surface area (Å²) in [7, 11) is 0. The minimum atomic E-state index is -0.679. The van der Waals surface area contributed by atoms with Crippen molar-refractivity contribution in [1.82, 2.24) is 5.06 Å². The Balaban J connectivity index is 1.99. The van der Waals surface area contributed by atoms with Crippen molar-refractivity contribution in [3.05, 3.63) is 35.4 Å². The highest BCUT2D eigenvalue weighted by atomic mass is 16.7. The first kappa shape index (κ1) is 14.8. The SMILES string of the molecule is O=CC(=O)C1c2ccccc2CN1OCCOCCO. The largest absolute Gasteiger partial charge is 0.394 e. The molecule has 6 nitrogen and oxygen atoms in total. The first-order valence-corrected chi connectivity index (χ1v) is 6.43. The molecule has 0 spiro atoms. The summed E-state index contributed by atoms with van der Waals surface area (Å²) < 4.78 is 5.09. The van der Waals surface area contributed by atoms with E-state index in [-0.39, 0.29) is 19.8 Å². The van der Waals surface area contributed by atoms with Gasteiger partial charge in [0.05, 0.1) is 33.0 Å². The van der Waals surface area contributed by atoms with Gasteiger partial charge in [-0.1, -0.05) is 24.3 Å². The standard InChI is InChI=1S/C14H17NO5/c16-5-6-19-7-8-20-15-9-11-3-1-2-4-12(11)14(15)13(18)10-17/h1-4,10,14,16H,5-9H2. The summed E-state index contributed by atoms with van der Waals surface area (Å²) in [5.74, 6) is -0.522. The summed E-state index contributed by atoms with van der Waals surface area (Å²) in [5.41, 5.74) is 1.78. The number of aliphatic hydroxyl groups is 1. The van der Waals surface area contributed by atoms with Gasteiger partial charge in [-0.25, -0.2) is 0 Å². The number of hydroxylamine groups is 2. The summed E-state index contributed by atoms with van der Waals surface area (Å²) in [6.07, 6.45) is 0.325. The van der Waals surface area contributed by atoms with Crippen LogP contribution in [-0.2, 0) is 25.7 Å². The van der Waals surface area contributed by atoms with Gasteiger partial charge in [-0.2, -0.15) is 5.06 Å². The van der Waals surface area contributed by atoms with Crippen molar-refractivity contribution in [2.24, 2.45) is 0 Å². The van der Waals surface area contributed by atoms with Crippen LogP contribution in [0.25, 0.3) is 0 Å². The molecule has 1 atom stereocenters. The van der Waals surface area contributed by atoms with Crippen LogP contribution >= 0.6 is 0 Å². The summed E-state index contributed by atoms with van der Waals surface area (Å²) in [4.78, 5) is 28.1. The number of nitrogens with zero attached hydrogens (tertiary/aromatic N) is 1. The Morgan fingerprint density at radius 2 is 2.15 bits per heavy atom. The lowest BCUT2D eigenvalue weighted by Gasteiger charge is -2.21. The molecule has 1 unspecified atom stereocenters. The highest BCUT2D eigenvalue weighted by Crippen LogP contribution is 2.33. The number of aldehydes is 1. The van der Waals surface area contributed by atoms with Crippen molar-refractivity contribution in [2.75, 3.05) is 26.4 Å². The van der Waals surface area contributed by atoms with Crippen molar-refractivity contribution in [3.63, 3.8) is 0 Å². The van der Waals surface area contributed by atoms with E-state index in [1.54, 1.807) is 0 Å². The number of Topliss-reactive ketones (excluding diaryl/α,β-unsaturated/α-hetero) is 1. The van der Waals surface area contributed by atoms with Gasteiger partial charge in [0, 0.05) is 0 Å². The molecule has 108 valence electrons. The molecular weight excluding hydrogens is 262 g/mol. The summed E-state index contributed by atoms with van der Waals surface area (Å²) in [5, 5.41) is 10.1. The molecule has 20 heavy (non-hydrogen) atoms. The molecular formula is C14H17NO5. The normalized spacial score (nSPS) is 17.9. The molecule has 0 aromatic heterocycles. The van der Waals surface area contributed by atoms with Gasteiger partial charge in [0.1, 0.15) is 6.04 Å². The van der Waals surface area contributed by atoms with Gasteiger partial charge in [0.25, 0.3) is 0 Å². The third kappa shape index (κ3) is 3.29. The second-order valence-corrected chi connectivity index (χ2v) is 4.37. The highest BCUT2D eigenvalue weighted by Gasteiger charge is 2.35. The molecule has 0 aliphatic carbocycles. The number of carbonyl (C=O) groups excluding carboxylic acids is 2. The average Bonchev–Trinajstić information content (AvgIpc) is 2.84. The number of aliphatic hydroxyl groups excluding tert-OH is 1. The Morgan fingerprint density at radius 3 is 2.90 bits per heavy atom. The van der Waals surface area contributed by atoms with E-state index >= 15 is 0 Å². The second kappa shape index (κ2) is 7.25. The topological polar surface area (TPSA) is 76.1 Å². The third-order valence-electron chi connectivity index (χ3n) is 3.07. The van der Waals surface area contributed by atoms with Crippen molar-refractivity contribution >= 4 is 12.1 Å². The lowest BCUT2D eigenvalue weighted by Crippen LogP contribution is -2.30. The first-order chi connectivity index (χ1) is 9.77. The maximum absolute atomic E-state index is 11.8. The Labute approximate surface area is 116 Å². The fourth-order valence-corrected chi connectivity index (χ4v) is 2.22. The summed E-state index contributed by atoms with van der Waals surface area (Å²) in [6.45, 7) is 1.24. The van der Waals surface area contributed by atoms with Crippen LogP contribution < -0.4 is 0 Å². The Kier molecular flexibility index (Phi) is 5.37. The zero-order valence-electron chi connectivity index (χ0n) is 11.0. The predicted molar refractivity (Wildman–Crippen MR) is 69.7 cm³/mol. The van der Waals surface area contributed by atoms with Gasteiger partial charge >= 0.3 is 0 Å². The number of ketones is 1. The Bertz CT molecular complexity index is 476. The Morgan fingerprint density at radius 1 is 1.35 bits per heavy atom. The minimum absolute atomic E-state index is 0.0403. The quantitative estimate of drug-likeness (QED) is 0.418. The maximum atomic E-state index is 11.8. The van der Waals surface area contributed by atoms with Crippen molar-refractivity contribution < 1.29 is 24.3 Å². The monoisotopic (exact) mass is 279 g/mol. The summed E-state index contributed by atoms with van der Waals surface area (Å²) >= 11 is 0. The van der Waals surface area contributed by atoms with Gasteiger partial charge in [-0.05, 0) is 11.1 Å². The van der Waals surface area contributed by atoms with E-state index in [0.29, 0.717) is 19.4 Å². The molecule has 1 N–H and O–H groups in total. The molecule has 1 aromatic carbocycles. The molecule has 0 amide bonds. The molecule has 1 aromatic rings. The van der Waals surface area contributed by atoms with E-state index in [2.05, 4.69) is 0 Å². The molecule has 0 saturated heterocycles. The molecule has 1 aliphatic rings. The van der Waals surface area contributed by atoms with E-state index in [0.717, 1.165) is 11.1 Å². The highest BCUT2D eigenvalue weighted by molar-refractivity contribution is 6.27. The number of ether oxygens (including phenoxy) is 1. The van der Waals surface area contributed by atoms with Gasteiger partial charge < -0.3 is 9.84 Å². The Hall–Kier alpha value is -1.60. The number of rotatable bonds is 8. The van der Waals surface area contributed by atoms with Crippen molar-refractivity contribution in [1.29, 1.82) is 0 Å². The number of benzene rings is 1. The molecule has 0 saturated carbocycles.